The Bertz CT molecular complexity index is 606. The zero-order valence-corrected chi connectivity index (χ0v) is 14.6. The summed E-state index contributed by atoms with van der Waals surface area (Å²) in [5.74, 6) is 2.39. The van der Waals surface area contributed by atoms with Gasteiger partial charge in [-0.25, -0.2) is 4.98 Å². The smallest absolute Gasteiger partial charge is 0.229 e. The van der Waals surface area contributed by atoms with Crippen molar-refractivity contribution in [2.24, 2.45) is 0 Å². The highest BCUT2D eigenvalue weighted by atomic mass is 32.1. The molecule has 0 amide bonds. The Balaban J connectivity index is 1.55. The van der Waals surface area contributed by atoms with Crippen LogP contribution in [0.3, 0.4) is 0 Å². The molecule has 1 aliphatic rings. The summed E-state index contributed by atoms with van der Waals surface area (Å²) in [6.45, 7) is 11.5. The first-order valence-electron chi connectivity index (χ1n) is 8.01. The quantitative estimate of drug-likeness (QED) is 0.860. The van der Waals surface area contributed by atoms with Crippen molar-refractivity contribution >= 4 is 11.3 Å². The van der Waals surface area contributed by atoms with E-state index in [1.54, 1.807) is 0 Å². The fourth-order valence-corrected chi connectivity index (χ4v) is 3.76. The predicted octanol–water partition coefficient (Wildman–Crippen LogP) is 3.65. The summed E-state index contributed by atoms with van der Waals surface area (Å²) in [4.78, 5) is 13.0. The maximum atomic E-state index is 5.45. The maximum absolute atomic E-state index is 5.45. The zero-order valence-electron chi connectivity index (χ0n) is 13.8. The average Bonchev–Trinajstić information content (AvgIpc) is 3.08. The lowest BCUT2D eigenvalue weighted by atomic mass is 9.97. The number of thiazole rings is 1. The molecule has 0 radical (unpaired) electrons. The molecule has 0 spiro atoms. The second-order valence-corrected chi connectivity index (χ2v) is 7.73. The van der Waals surface area contributed by atoms with Crippen LogP contribution >= 0.6 is 11.3 Å². The molecule has 1 fully saturated rings. The largest absolute Gasteiger partial charge is 0.339 e. The number of aryl methyl sites for hydroxylation is 2. The van der Waals surface area contributed by atoms with Crippen molar-refractivity contribution in [3.8, 4) is 0 Å². The highest BCUT2D eigenvalue weighted by Gasteiger charge is 2.26. The van der Waals surface area contributed by atoms with E-state index < -0.39 is 0 Å². The Morgan fingerprint density at radius 2 is 1.95 bits per heavy atom. The summed E-state index contributed by atoms with van der Waals surface area (Å²) in [5, 5.41) is 5.31. The van der Waals surface area contributed by atoms with E-state index in [9.17, 15) is 0 Å². The molecule has 0 bridgehead atoms. The third-order valence-corrected chi connectivity index (χ3v) is 5.40. The molecule has 6 heteroatoms. The van der Waals surface area contributed by atoms with Crippen LogP contribution in [0.4, 0.5) is 0 Å². The molecule has 5 nitrogen and oxygen atoms in total. The van der Waals surface area contributed by atoms with Crippen molar-refractivity contribution < 1.29 is 4.52 Å². The number of hydrogen-bond donors (Lipinski definition) is 0. The molecule has 0 aliphatic carbocycles. The van der Waals surface area contributed by atoms with E-state index in [1.165, 1.54) is 15.6 Å². The van der Waals surface area contributed by atoms with Crippen LogP contribution < -0.4 is 0 Å². The lowest BCUT2D eigenvalue weighted by Gasteiger charge is -2.29. The van der Waals surface area contributed by atoms with Gasteiger partial charge >= 0.3 is 0 Å². The van der Waals surface area contributed by atoms with E-state index in [2.05, 4.69) is 47.7 Å². The van der Waals surface area contributed by atoms with Gasteiger partial charge in [-0.05, 0) is 39.8 Å². The number of aromatic nitrogens is 3. The summed E-state index contributed by atoms with van der Waals surface area (Å²) in [6, 6.07) is 0. The molecule has 120 valence electrons. The monoisotopic (exact) mass is 320 g/mol. The second-order valence-electron chi connectivity index (χ2n) is 6.45. The molecule has 2 aromatic heterocycles. The van der Waals surface area contributed by atoms with Gasteiger partial charge in [-0.1, -0.05) is 19.0 Å². The number of hydrogen-bond acceptors (Lipinski definition) is 6. The normalized spacial score (nSPS) is 17.5. The van der Waals surface area contributed by atoms with Crippen LogP contribution in [0.1, 0.15) is 65.8 Å². The zero-order chi connectivity index (χ0) is 15.7. The predicted molar refractivity (Wildman–Crippen MR) is 87.2 cm³/mol. The standard InChI is InChI=1S/C16H24N4OS/c1-10(2)15-18-16(21-19-15)13-5-7-20(8-6-13)9-14-17-11(3)12(4)22-14/h10,13H,5-9H2,1-4H3. The summed E-state index contributed by atoms with van der Waals surface area (Å²) < 4.78 is 5.45. The lowest BCUT2D eigenvalue weighted by molar-refractivity contribution is 0.187. The maximum Gasteiger partial charge on any atom is 0.229 e. The fraction of sp³-hybridized carbons (Fsp3) is 0.688. The molecule has 0 aromatic carbocycles. The van der Waals surface area contributed by atoms with Crippen molar-refractivity contribution in [2.75, 3.05) is 13.1 Å². The van der Waals surface area contributed by atoms with Crippen LogP contribution in [0.15, 0.2) is 4.52 Å². The number of piperidine rings is 1. The van der Waals surface area contributed by atoms with Gasteiger partial charge in [0.05, 0.1) is 12.2 Å². The Labute approximate surface area is 135 Å². The van der Waals surface area contributed by atoms with Gasteiger partial charge in [0.15, 0.2) is 5.82 Å². The van der Waals surface area contributed by atoms with Crippen LogP contribution in [0.2, 0.25) is 0 Å². The topological polar surface area (TPSA) is 55.1 Å². The molecule has 3 heterocycles. The Morgan fingerprint density at radius 1 is 1.23 bits per heavy atom. The molecule has 0 N–H and O–H groups in total. The highest BCUT2D eigenvalue weighted by Crippen LogP contribution is 2.29. The molecule has 3 rings (SSSR count). The minimum atomic E-state index is 0.328. The number of rotatable bonds is 4. The van der Waals surface area contributed by atoms with E-state index in [-0.39, 0.29) is 0 Å². The minimum Gasteiger partial charge on any atom is -0.339 e. The third kappa shape index (κ3) is 3.38. The van der Waals surface area contributed by atoms with Crippen LogP contribution in [-0.4, -0.2) is 33.1 Å². The SMILES string of the molecule is Cc1nc(CN2CCC(c3nc(C(C)C)no3)CC2)sc1C. The molecule has 0 saturated carbocycles. The third-order valence-electron chi connectivity index (χ3n) is 4.34. The molecular formula is C16H24N4OS. The number of nitrogens with zero attached hydrogens (tertiary/aromatic N) is 4. The van der Waals surface area contributed by atoms with E-state index in [0.717, 1.165) is 44.2 Å². The Hall–Kier alpha value is -1.27. The van der Waals surface area contributed by atoms with Crippen LogP contribution in [-0.2, 0) is 6.54 Å². The minimum absolute atomic E-state index is 0.328. The molecule has 1 saturated heterocycles. The molecule has 22 heavy (non-hydrogen) atoms. The van der Waals surface area contributed by atoms with Gasteiger partial charge in [-0.15, -0.1) is 11.3 Å². The van der Waals surface area contributed by atoms with Crippen molar-refractivity contribution in [3.05, 3.63) is 27.3 Å². The van der Waals surface area contributed by atoms with E-state index >= 15 is 0 Å². The summed E-state index contributed by atoms with van der Waals surface area (Å²) in [6.07, 6.45) is 2.17. The summed E-state index contributed by atoms with van der Waals surface area (Å²) >= 11 is 1.82. The summed E-state index contributed by atoms with van der Waals surface area (Å²) in [7, 11) is 0. The molecule has 2 aromatic rings. The Kier molecular flexibility index (Phi) is 4.59. The van der Waals surface area contributed by atoms with Crippen molar-refractivity contribution in [2.45, 2.75) is 58.9 Å². The van der Waals surface area contributed by atoms with E-state index in [4.69, 9.17) is 4.52 Å². The summed E-state index contributed by atoms with van der Waals surface area (Å²) in [5.41, 5.74) is 1.17. The fourth-order valence-electron chi connectivity index (χ4n) is 2.78. The van der Waals surface area contributed by atoms with Gasteiger partial charge in [-0.3, -0.25) is 4.90 Å². The van der Waals surface area contributed by atoms with Gasteiger partial charge in [0, 0.05) is 16.7 Å². The van der Waals surface area contributed by atoms with Crippen LogP contribution in [0.25, 0.3) is 0 Å². The van der Waals surface area contributed by atoms with Gasteiger partial charge in [-0.2, -0.15) is 4.98 Å². The Morgan fingerprint density at radius 3 is 2.50 bits per heavy atom. The first-order chi connectivity index (χ1) is 10.5. The molecule has 1 aliphatic heterocycles. The lowest BCUT2D eigenvalue weighted by Crippen LogP contribution is -2.32. The van der Waals surface area contributed by atoms with Gasteiger partial charge < -0.3 is 4.52 Å². The van der Waals surface area contributed by atoms with E-state index in [1.807, 2.05) is 11.3 Å². The molecular weight excluding hydrogens is 296 g/mol. The van der Waals surface area contributed by atoms with Gasteiger partial charge in [0.1, 0.15) is 5.01 Å². The van der Waals surface area contributed by atoms with Gasteiger partial charge in [0.2, 0.25) is 5.89 Å². The second kappa shape index (κ2) is 6.46. The van der Waals surface area contributed by atoms with Crippen molar-refractivity contribution in [1.29, 1.82) is 0 Å². The average molecular weight is 320 g/mol. The van der Waals surface area contributed by atoms with Gasteiger partial charge in [0.25, 0.3) is 0 Å². The van der Waals surface area contributed by atoms with Crippen molar-refractivity contribution in [1.82, 2.24) is 20.0 Å². The first kappa shape index (κ1) is 15.6. The van der Waals surface area contributed by atoms with Crippen molar-refractivity contribution in [3.63, 3.8) is 0 Å². The van der Waals surface area contributed by atoms with Crippen LogP contribution in [0.5, 0.6) is 0 Å². The van der Waals surface area contributed by atoms with Crippen LogP contribution in [0, 0.1) is 13.8 Å². The number of likely N-dealkylation sites (tertiary alicyclic amines) is 1. The first-order valence-corrected chi connectivity index (χ1v) is 8.83. The van der Waals surface area contributed by atoms with E-state index in [0.29, 0.717) is 11.8 Å². The highest BCUT2D eigenvalue weighted by molar-refractivity contribution is 7.11. The molecule has 0 unspecified atom stereocenters. The molecule has 0 atom stereocenters.